The molecule has 0 radical (unpaired) electrons. The van der Waals surface area contributed by atoms with Crippen LogP contribution in [0.1, 0.15) is 6.92 Å². The molecule has 0 heterocycles. The second-order valence-corrected chi connectivity index (χ2v) is 6.02. The molecule has 0 N–H and O–H groups in total. The third-order valence-electron chi connectivity index (χ3n) is 2.18. The van der Waals surface area contributed by atoms with E-state index in [1.807, 2.05) is 0 Å². The van der Waals surface area contributed by atoms with Crippen LogP contribution >= 0.6 is 11.6 Å². The van der Waals surface area contributed by atoms with E-state index in [9.17, 15) is 22.9 Å². The van der Waals surface area contributed by atoms with Crippen LogP contribution in [-0.4, -0.2) is 24.5 Å². The van der Waals surface area contributed by atoms with Crippen LogP contribution in [0.4, 0.5) is 10.1 Å². The molecule has 5 nitrogen and oxygen atoms in total. The Morgan fingerprint density at radius 2 is 2.12 bits per heavy atom. The van der Waals surface area contributed by atoms with Crippen molar-refractivity contribution < 1.29 is 17.7 Å². The predicted molar refractivity (Wildman–Crippen MR) is 60.4 cm³/mol. The lowest BCUT2D eigenvalue weighted by Crippen LogP contribution is -2.20. The smallest absolute Gasteiger partial charge is 0.258 e. The van der Waals surface area contributed by atoms with Gasteiger partial charge < -0.3 is 0 Å². The fourth-order valence-corrected chi connectivity index (χ4v) is 2.82. The van der Waals surface area contributed by atoms with E-state index in [0.29, 0.717) is 6.07 Å². The van der Waals surface area contributed by atoms with Crippen molar-refractivity contribution in [3.05, 3.63) is 34.1 Å². The first-order chi connectivity index (χ1) is 7.80. The summed E-state index contributed by atoms with van der Waals surface area (Å²) in [5.74, 6) is -1.32. The van der Waals surface area contributed by atoms with E-state index in [1.54, 1.807) is 0 Å². The van der Waals surface area contributed by atoms with Gasteiger partial charge in [0.1, 0.15) is 10.7 Å². The van der Waals surface area contributed by atoms with E-state index in [2.05, 4.69) is 0 Å². The van der Waals surface area contributed by atoms with Crippen molar-refractivity contribution >= 4 is 27.1 Å². The number of halogens is 2. The summed E-state index contributed by atoms with van der Waals surface area (Å²) in [5, 5.41) is 9.41. The molecule has 0 aliphatic carbocycles. The first-order valence-corrected chi connectivity index (χ1v) is 6.62. The standard InChI is InChI=1S/C9H9ClFNO4S/c1-6(5-10)17(15,16)9-3-2-7(12(13)14)4-8(9)11/h2-4,6H,5H2,1H3. The van der Waals surface area contributed by atoms with E-state index < -0.39 is 36.4 Å². The highest BCUT2D eigenvalue weighted by Gasteiger charge is 2.27. The molecule has 0 aliphatic heterocycles. The average Bonchev–Trinajstić information content (AvgIpc) is 2.27. The minimum Gasteiger partial charge on any atom is -0.258 e. The molecule has 0 bridgehead atoms. The maximum atomic E-state index is 13.5. The van der Waals surface area contributed by atoms with Crippen molar-refractivity contribution in [2.45, 2.75) is 17.1 Å². The summed E-state index contributed by atoms with van der Waals surface area (Å²) in [7, 11) is -3.89. The van der Waals surface area contributed by atoms with Gasteiger partial charge in [0, 0.05) is 11.9 Å². The zero-order valence-electron chi connectivity index (χ0n) is 8.76. The Labute approximate surface area is 102 Å². The second-order valence-electron chi connectivity index (χ2n) is 3.38. The molecule has 1 rings (SSSR count). The minimum absolute atomic E-state index is 0.182. The first kappa shape index (κ1) is 13.9. The fourth-order valence-electron chi connectivity index (χ4n) is 1.13. The minimum atomic E-state index is -3.89. The van der Waals surface area contributed by atoms with E-state index >= 15 is 0 Å². The van der Waals surface area contributed by atoms with Crippen LogP contribution in [0, 0.1) is 15.9 Å². The molecule has 1 aromatic rings. The lowest BCUT2D eigenvalue weighted by molar-refractivity contribution is -0.385. The third-order valence-corrected chi connectivity index (χ3v) is 5.00. The average molecular weight is 282 g/mol. The summed E-state index contributed by atoms with van der Waals surface area (Å²) in [5.41, 5.74) is -0.500. The van der Waals surface area contributed by atoms with Gasteiger partial charge in [0.2, 0.25) is 0 Å². The molecule has 0 saturated heterocycles. The Morgan fingerprint density at radius 3 is 2.53 bits per heavy atom. The summed E-state index contributed by atoms with van der Waals surface area (Å²) < 4.78 is 37.0. The highest BCUT2D eigenvalue weighted by molar-refractivity contribution is 7.92. The number of non-ortho nitro benzene ring substituents is 1. The number of alkyl halides is 1. The van der Waals surface area contributed by atoms with Gasteiger partial charge in [-0.3, -0.25) is 10.1 Å². The molecule has 1 atom stereocenters. The lowest BCUT2D eigenvalue weighted by Gasteiger charge is -2.10. The molecular weight excluding hydrogens is 273 g/mol. The summed E-state index contributed by atoms with van der Waals surface area (Å²) in [6.45, 7) is 1.34. The number of hydrogen-bond acceptors (Lipinski definition) is 4. The molecule has 0 spiro atoms. The zero-order chi connectivity index (χ0) is 13.2. The summed E-state index contributed by atoms with van der Waals surface area (Å²) >= 11 is 5.41. The highest BCUT2D eigenvalue weighted by atomic mass is 35.5. The largest absolute Gasteiger partial charge is 0.272 e. The Kier molecular flexibility index (Phi) is 4.05. The molecule has 94 valence electrons. The van der Waals surface area contributed by atoms with E-state index in [1.165, 1.54) is 6.92 Å². The van der Waals surface area contributed by atoms with Gasteiger partial charge in [0.05, 0.1) is 16.2 Å². The Balaban J connectivity index is 3.31. The van der Waals surface area contributed by atoms with Gasteiger partial charge in [-0.2, -0.15) is 0 Å². The maximum absolute atomic E-state index is 13.5. The van der Waals surface area contributed by atoms with Gasteiger partial charge >= 0.3 is 0 Å². The third kappa shape index (κ3) is 2.73. The SMILES string of the molecule is CC(CCl)S(=O)(=O)c1ccc([N+](=O)[O-])cc1F. The topological polar surface area (TPSA) is 77.3 Å². The summed E-state index contributed by atoms with van der Waals surface area (Å²) in [6, 6.07) is 2.40. The van der Waals surface area contributed by atoms with Gasteiger partial charge in [0.25, 0.3) is 5.69 Å². The molecule has 1 aromatic carbocycles. The summed E-state index contributed by atoms with van der Waals surface area (Å²) in [4.78, 5) is 9.00. The molecule has 8 heteroatoms. The van der Waals surface area contributed by atoms with Crippen molar-refractivity contribution in [1.29, 1.82) is 0 Å². The number of nitro benzene ring substituents is 1. The fraction of sp³-hybridized carbons (Fsp3) is 0.333. The predicted octanol–water partition coefficient (Wildman–Crippen LogP) is 2.13. The second kappa shape index (κ2) is 4.97. The zero-order valence-corrected chi connectivity index (χ0v) is 10.3. The molecule has 0 saturated carbocycles. The Bertz CT molecular complexity index is 546. The van der Waals surface area contributed by atoms with Crippen LogP contribution < -0.4 is 0 Å². The molecule has 17 heavy (non-hydrogen) atoms. The van der Waals surface area contributed by atoms with Gasteiger partial charge in [-0.1, -0.05) is 0 Å². The van der Waals surface area contributed by atoms with E-state index in [-0.39, 0.29) is 5.88 Å². The normalized spacial score (nSPS) is 13.4. The number of benzene rings is 1. The van der Waals surface area contributed by atoms with Gasteiger partial charge in [-0.05, 0) is 13.0 Å². The van der Waals surface area contributed by atoms with Crippen LogP contribution in [0.25, 0.3) is 0 Å². The maximum Gasteiger partial charge on any atom is 0.272 e. The monoisotopic (exact) mass is 281 g/mol. The van der Waals surface area contributed by atoms with Crippen molar-refractivity contribution in [1.82, 2.24) is 0 Å². The van der Waals surface area contributed by atoms with Crippen LogP contribution in [0.2, 0.25) is 0 Å². The van der Waals surface area contributed by atoms with Gasteiger partial charge in [0.15, 0.2) is 9.84 Å². The number of nitrogens with zero attached hydrogens (tertiary/aromatic N) is 1. The number of sulfone groups is 1. The van der Waals surface area contributed by atoms with E-state index in [4.69, 9.17) is 11.6 Å². The van der Waals surface area contributed by atoms with Crippen LogP contribution in [0.5, 0.6) is 0 Å². The number of hydrogen-bond donors (Lipinski definition) is 0. The van der Waals surface area contributed by atoms with Crippen molar-refractivity contribution in [2.24, 2.45) is 0 Å². The van der Waals surface area contributed by atoms with Crippen LogP contribution in [-0.2, 0) is 9.84 Å². The number of rotatable bonds is 4. The first-order valence-electron chi connectivity index (χ1n) is 4.54. The van der Waals surface area contributed by atoms with Gasteiger partial charge in [-0.25, -0.2) is 12.8 Å². The molecule has 1 unspecified atom stereocenters. The molecule has 0 fully saturated rings. The Hall–Kier alpha value is -1.21. The van der Waals surface area contributed by atoms with E-state index in [0.717, 1.165) is 12.1 Å². The van der Waals surface area contributed by atoms with Crippen molar-refractivity contribution in [3.8, 4) is 0 Å². The summed E-state index contributed by atoms with van der Waals surface area (Å²) in [6.07, 6.45) is 0. The molecular formula is C9H9ClFNO4S. The number of nitro groups is 1. The Morgan fingerprint density at radius 1 is 1.53 bits per heavy atom. The lowest BCUT2D eigenvalue weighted by atomic mass is 10.3. The molecule has 0 aromatic heterocycles. The van der Waals surface area contributed by atoms with Gasteiger partial charge in [-0.15, -0.1) is 11.6 Å². The van der Waals surface area contributed by atoms with Crippen LogP contribution in [0.15, 0.2) is 23.1 Å². The molecule has 0 aliphatic rings. The van der Waals surface area contributed by atoms with Crippen molar-refractivity contribution in [2.75, 3.05) is 5.88 Å². The quantitative estimate of drug-likeness (QED) is 0.481. The highest BCUT2D eigenvalue weighted by Crippen LogP contribution is 2.24. The van der Waals surface area contributed by atoms with Crippen LogP contribution in [0.3, 0.4) is 0 Å². The van der Waals surface area contributed by atoms with Crippen molar-refractivity contribution in [3.63, 3.8) is 0 Å². The molecule has 0 amide bonds.